The average Bonchev–Trinajstić information content (AvgIpc) is 2.97. The lowest BCUT2D eigenvalue weighted by atomic mass is 10.2. The summed E-state index contributed by atoms with van der Waals surface area (Å²) in [5.41, 5.74) is 1.11. The molecular formula is C18H13Cl2N3O3S. The molecular weight excluding hydrogens is 409 g/mol. The van der Waals surface area contributed by atoms with Crippen molar-refractivity contribution in [1.29, 1.82) is 0 Å². The zero-order chi connectivity index (χ0) is 18.8. The first kappa shape index (κ1) is 18.0. The van der Waals surface area contributed by atoms with E-state index >= 15 is 0 Å². The summed E-state index contributed by atoms with van der Waals surface area (Å²) in [6, 6.07) is 10.5. The highest BCUT2D eigenvalue weighted by molar-refractivity contribution is 7.18. The maximum absolute atomic E-state index is 12.6. The average molecular weight is 422 g/mol. The number of fused-ring (bicyclic) bond motifs is 1. The lowest BCUT2D eigenvalue weighted by Gasteiger charge is -2.11. The van der Waals surface area contributed by atoms with Gasteiger partial charge in [0.2, 0.25) is 5.13 Å². The Hall–Kier alpha value is -2.35. The fourth-order valence-electron chi connectivity index (χ4n) is 2.55. The van der Waals surface area contributed by atoms with Crippen molar-refractivity contribution in [3.63, 3.8) is 0 Å². The summed E-state index contributed by atoms with van der Waals surface area (Å²) in [7, 11) is 0. The number of carbonyl (C=O) groups excluding carboxylic acids is 1. The molecule has 1 aromatic heterocycles. The molecule has 138 valence electrons. The first-order valence-corrected chi connectivity index (χ1v) is 9.68. The van der Waals surface area contributed by atoms with E-state index in [0.717, 1.165) is 12.0 Å². The highest BCUT2D eigenvalue weighted by atomic mass is 35.5. The number of carbonyl (C=O) groups is 1. The van der Waals surface area contributed by atoms with Crippen LogP contribution in [0.15, 0.2) is 36.4 Å². The lowest BCUT2D eigenvalue weighted by molar-refractivity contribution is 0.102. The summed E-state index contributed by atoms with van der Waals surface area (Å²) < 4.78 is 11.2. The molecule has 0 aliphatic carbocycles. The molecule has 0 spiro atoms. The molecule has 1 N–H and O–H groups in total. The van der Waals surface area contributed by atoms with Crippen molar-refractivity contribution in [2.45, 2.75) is 6.42 Å². The van der Waals surface area contributed by atoms with Crippen LogP contribution in [0, 0.1) is 0 Å². The van der Waals surface area contributed by atoms with E-state index in [-0.39, 0.29) is 5.91 Å². The number of halogens is 2. The second-order valence-electron chi connectivity index (χ2n) is 5.68. The number of anilines is 1. The highest BCUT2D eigenvalue weighted by Gasteiger charge is 2.19. The van der Waals surface area contributed by atoms with E-state index in [1.165, 1.54) is 11.3 Å². The quantitative estimate of drug-likeness (QED) is 0.648. The number of aromatic nitrogens is 2. The molecule has 1 amide bonds. The molecule has 0 saturated heterocycles. The highest BCUT2D eigenvalue weighted by Crippen LogP contribution is 2.38. The Balaban J connectivity index is 1.56. The molecule has 1 aliphatic rings. The Morgan fingerprint density at radius 3 is 2.74 bits per heavy atom. The molecule has 0 radical (unpaired) electrons. The van der Waals surface area contributed by atoms with Gasteiger partial charge in [-0.15, -0.1) is 10.2 Å². The van der Waals surface area contributed by atoms with Gasteiger partial charge < -0.3 is 9.47 Å². The standard InChI is InChI=1S/C18H13Cl2N3O3S/c19-12-5-2-1-4-11(12)17-22-23-18(27-17)21-16(24)10-8-13(20)15-14(9-10)25-6-3-7-26-15/h1-2,4-5,8-9H,3,6-7H2,(H,21,23,24). The molecule has 9 heteroatoms. The lowest BCUT2D eigenvalue weighted by Crippen LogP contribution is -2.12. The molecule has 1 aliphatic heterocycles. The summed E-state index contributed by atoms with van der Waals surface area (Å²) in [5.74, 6) is 0.552. The van der Waals surface area contributed by atoms with Gasteiger partial charge in [-0.2, -0.15) is 0 Å². The van der Waals surface area contributed by atoms with Crippen molar-refractivity contribution in [1.82, 2.24) is 10.2 Å². The van der Waals surface area contributed by atoms with Gasteiger partial charge in [-0.3, -0.25) is 10.1 Å². The minimum Gasteiger partial charge on any atom is -0.489 e. The van der Waals surface area contributed by atoms with Crippen LogP contribution in [0.5, 0.6) is 11.5 Å². The molecule has 0 fully saturated rings. The third-order valence-electron chi connectivity index (χ3n) is 3.81. The van der Waals surface area contributed by atoms with E-state index in [9.17, 15) is 4.79 Å². The summed E-state index contributed by atoms with van der Waals surface area (Å²) in [4.78, 5) is 12.6. The van der Waals surface area contributed by atoms with Crippen molar-refractivity contribution >= 4 is 45.6 Å². The number of benzene rings is 2. The van der Waals surface area contributed by atoms with Crippen molar-refractivity contribution in [2.75, 3.05) is 18.5 Å². The van der Waals surface area contributed by atoms with Crippen LogP contribution in [0.2, 0.25) is 10.0 Å². The van der Waals surface area contributed by atoms with E-state index in [1.807, 2.05) is 18.2 Å². The van der Waals surface area contributed by atoms with Gasteiger partial charge in [-0.1, -0.05) is 52.7 Å². The smallest absolute Gasteiger partial charge is 0.257 e. The molecule has 2 heterocycles. The fourth-order valence-corrected chi connectivity index (χ4v) is 3.87. The van der Waals surface area contributed by atoms with E-state index < -0.39 is 0 Å². The van der Waals surface area contributed by atoms with Gasteiger partial charge in [0, 0.05) is 17.5 Å². The van der Waals surface area contributed by atoms with Crippen molar-refractivity contribution in [3.05, 3.63) is 52.0 Å². The Labute approximate surface area is 169 Å². The van der Waals surface area contributed by atoms with Crippen molar-refractivity contribution in [2.24, 2.45) is 0 Å². The van der Waals surface area contributed by atoms with E-state index in [4.69, 9.17) is 32.7 Å². The van der Waals surface area contributed by atoms with Gasteiger partial charge in [-0.25, -0.2) is 0 Å². The number of nitrogens with zero attached hydrogens (tertiary/aromatic N) is 2. The first-order chi connectivity index (χ1) is 13.1. The van der Waals surface area contributed by atoms with Crippen molar-refractivity contribution in [3.8, 4) is 22.1 Å². The summed E-state index contributed by atoms with van der Waals surface area (Å²) >= 11 is 13.7. The Kier molecular flexibility index (Phi) is 5.15. The molecule has 0 bridgehead atoms. The third kappa shape index (κ3) is 3.85. The van der Waals surface area contributed by atoms with Crippen LogP contribution in [0.1, 0.15) is 16.8 Å². The largest absolute Gasteiger partial charge is 0.489 e. The minimum absolute atomic E-state index is 0.327. The number of hydrogen-bond donors (Lipinski definition) is 1. The molecule has 4 rings (SSSR count). The number of amides is 1. The maximum Gasteiger partial charge on any atom is 0.257 e. The third-order valence-corrected chi connectivity index (χ3v) is 5.30. The van der Waals surface area contributed by atoms with Crippen LogP contribution in [-0.4, -0.2) is 29.3 Å². The molecule has 2 aromatic carbocycles. The zero-order valence-corrected chi connectivity index (χ0v) is 16.2. The SMILES string of the molecule is O=C(Nc1nnc(-c2ccccc2Cl)s1)c1cc(Cl)c2c(c1)OCCCO2. The maximum atomic E-state index is 12.6. The van der Waals surface area contributed by atoms with E-state index in [0.29, 0.717) is 50.5 Å². The monoisotopic (exact) mass is 421 g/mol. The Bertz CT molecular complexity index is 1010. The van der Waals surface area contributed by atoms with E-state index in [2.05, 4.69) is 15.5 Å². The molecule has 3 aromatic rings. The molecule has 0 atom stereocenters. The van der Waals surface area contributed by atoms with Crippen LogP contribution < -0.4 is 14.8 Å². The topological polar surface area (TPSA) is 73.3 Å². The van der Waals surface area contributed by atoms with Gasteiger partial charge >= 0.3 is 0 Å². The van der Waals surface area contributed by atoms with Gasteiger partial charge in [0.15, 0.2) is 16.5 Å². The van der Waals surface area contributed by atoms with Crippen LogP contribution >= 0.6 is 34.5 Å². The van der Waals surface area contributed by atoms with Gasteiger partial charge in [0.1, 0.15) is 0 Å². The number of nitrogens with one attached hydrogen (secondary N) is 1. The van der Waals surface area contributed by atoms with Crippen LogP contribution in [0.4, 0.5) is 5.13 Å². The summed E-state index contributed by atoms with van der Waals surface area (Å²) in [5, 5.41) is 12.7. The van der Waals surface area contributed by atoms with Crippen molar-refractivity contribution < 1.29 is 14.3 Å². The van der Waals surface area contributed by atoms with Gasteiger partial charge in [-0.05, 0) is 18.2 Å². The van der Waals surface area contributed by atoms with Crippen LogP contribution in [-0.2, 0) is 0 Å². The molecule has 0 unspecified atom stereocenters. The number of ether oxygens (including phenoxy) is 2. The summed E-state index contributed by atoms with van der Waals surface area (Å²) in [6.07, 6.45) is 0.752. The predicted octanol–water partition coefficient (Wildman–Crippen LogP) is 4.93. The zero-order valence-electron chi connectivity index (χ0n) is 13.9. The fraction of sp³-hybridized carbons (Fsp3) is 0.167. The van der Waals surface area contributed by atoms with E-state index in [1.54, 1.807) is 18.2 Å². The molecule has 6 nitrogen and oxygen atoms in total. The second-order valence-corrected chi connectivity index (χ2v) is 7.47. The van der Waals surface area contributed by atoms with Gasteiger partial charge in [0.25, 0.3) is 5.91 Å². The normalized spacial score (nSPS) is 13.1. The number of rotatable bonds is 3. The molecule has 0 saturated carbocycles. The Morgan fingerprint density at radius 1 is 1.07 bits per heavy atom. The van der Waals surface area contributed by atoms with Gasteiger partial charge in [0.05, 0.1) is 23.3 Å². The number of hydrogen-bond acceptors (Lipinski definition) is 6. The van der Waals surface area contributed by atoms with Crippen LogP contribution in [0.3, 0.4) is 0 Å². The Morgan fingerprint density at radius 2 is 1.89 bits per heavy atom. The molecule has 27 heavy (non-hydrogen) atoms. The van der Waals surface area contributed by atoms with Crippen LogP contribution in [0.25, 0.3) is 10.6 Å². The minimum atomic E-state index is -0.366. The second kappa shape index (κ2) is 7.72. The first-order valence-electron chi connectivity index (χ1n) is 8.11. The summed E-state index contributed by atoms with van der Waals surface area (Å²) in [6.45, 7) is 1.03. The predicted molar refractivity (Wildman–Crippen MR) is 105 cm³/mol.